The molecule has 0 spiro atoms. The average Bonchev–Trinajstić information content (AvgIpc) is 2.69. The van der Waals surface area contributed by atoms with Crippen LogP contribution >= 0.6 is 23.2 Å². The number of hydrogen-bond donors (Lipinski definition) is 0. The molecular formula is C20H22Cl2N2O3S. The van der Waals surface area contributed by atoms with Gasteiger partial charge in [0.05, 0.1) is 20.6 Å². The molecule has 2 aromatic rings. The van der Waals surface area contributed by atoms with Crippen LogP contribution in [0.3, 0.4) is 0 Å². The topological polar surface area (TPSA) is 57.7 Å². The lowest BCUT2D eigenvalue weighted by atomic mass is 9.99. The van der Waals surface area contributed by atoms with Crippen LogP contribution in [0.25, 0.3) is 0 Å². The quantitative estimate of drug-likeness (QED) is 0.689. The highest BCUT2D eigenvalue weighted by molar-refractivity contribution is 7.92. The molecule has 1 saturated heterocycles. The second-order valence-electron chi connectivity index (χ2n) is 6.99. The Kier molecular flexibility index (Phi) is 6.53. The van der Waals surface area contributed by atoms with Gasteiger partial charge in [-0.2, -0.15) is 0 Å². The average molecular weight is 441 g/mol. The molecule has 1 aliphatic heterocycles. The van der Waals surface area contributed by atoms with Gasteiger partial charge in [-0.05, 0) is 49.1 Å². The van der Waals surface area contributed by atoms with Gasteiger partial charge in [-0.15, -0.1) is 0 Å². The molecule has 8 heteroatoms. The van der Waals surface area contributed by atoms with Crippen LogP contribution in [0.4, 0.5) is 5.69 Å². The van der Waals surface area contributed by atoms with Crippen molar-refractivity contribution in [2.45, 2.75) is 24.7 Å². The van der Waals surface area contributed by atoms with E-state index in [2.05, 4.69) is 6.92 Å². The van der Waals surface area contributed by atoms with E-state index < -0.39 is 10.0 Å². The summed E-state index contributed by atoms with van der Waals surface area (Å²) < 4.78 is 27.7. The number of carbonyl (C=O) groups excluding carboxylic acids is 1. The van der Waals surface area contributed by atoms with Gasteiger partial charge in [0.15, 0.2) is 0 Å². The van der Waals surface area contributed by atoms with Gasteiger partial charge in [0.2, 0.25) is 5.91 Å². The molecule has 0 bridgehead atoms. The number of carbonyl (C=O) groups is 1. The van der Waals surface area contributed by atoms with E-state index in [4.69, 9.17) is 23.2 Å². The van der Waals surface area contributed by atoms with Gasteiger partial charge in [0.1, 0.15) is 6.54 Å². The molecule has 0 atom stereocenters. The summed E-state index contributed by atoms with van der Waals surface area (Å²) in [6.45, 7) is 3.15. The highest BCUT2D eigenvalue weighted by Gasteiger charge is 2.30. The molecule has 0 unspecified atom stereocenters. The number of nitrogens with zero attached hydrogens (tertiary/aromatic N) is 2. The third kappa shape index (κ3) is 4.62. The van der Waals surface area contributed by atoms with Crippen LogP contribution in [0, 0.1) is 5.92 Å². The fourth-order valence-electron chi connectivity index (χ4n) is 3.16. The zero-order valence-electron chi connectivity index (χ0n) is 15.5. The summed E-state index contributed by atoms with van der Waals surface area (Å²) in [5.41, 5.74) is 0.303. The van der Waals surface area contributed by atoms with E-state index in [1.165, 1.54) is 24.3 Å². The van der Waals surface area contributed by atoms with Gasteiger partial charge in [-0.1, -0.05) is 48.3 Å². The summed E-state index contributed by atoms with van der Waals surface area (Å²) in [5.74, 6) is 0.348. The van der Waals surface area contributed by atoms with Crippen LogP contribution < -0.4 is 4.31 Å². The molecule has 0 N–H and O–H groups in total. The lowest BCUT2D eigenvalue weighted by Crippen LogP contribution is -2.45. The summed E-state index contributed by atoms with van der Waals surface area (Å²) in [5, 5.41) is 0.547. The molecule has 2 aromatic carbocycles. The highest BCUT2D eigenvalue weighted by atomic mass is 35.5. The van der Waals surface area contributed by atoms with E-state index in [0.717, 1.165) is 17.1 Å². The number of piperidine rings is 1. The molecule has 28 heavy (non-hydrogen) atoms. The number of anilines is 1. The normalized spacial score (nSPS) is 15.5. The molecule has 0 saturated carbocycles. The van der Waals surface area contributed by atoms with Crippen LogP contribution in [0.2, 0.25) is 10.0 Å². The molecule has 0 radical (unpaired) electrons. The first kappa shape index (κ1) is 21.0. The fourth-order valence-corrected chi connectivity index (χ4v) is 4.88. The van der Waals surface area contributed by atoms with E-state index in [-0.39, 0.29) is 22.4 Å². The third-order valence-electron chi connectivity index (χ3n) is 4.94. The summed E-state index contributed by atoms with van der Waals surface area (Å²) in [4.78, 5) is 14.7. The first-order chi connectivity index (χ1) is 13.3. The number of benzene rings is 2. The molecule has 1 aliphatic rings. The Morgan fingerprint density at radius 1 is 1.07 bits per heavy atom. The number of likely N-dealkylation sites (tertiary alicyclic amines) is 1. The monoisotopic (exact) mass is 440 g/mol. The molecule has 1 heterocycles. The first-order valence-electron chi connectivity index (χ1n) is 9.09. The van der Waals surface area contributed by atoms with Crippen LogP contribution in [0.15, 0.2) is 53.4 Å². The van der Waals surface area contributed by atoms with Gasteiger partial charge >= 0.3 is 0 Å². The maximum atomic E-state index is 13.3. The lowest BCUT2D eigenvalue weighted by molar-refractivity contribution is -0.130. The molecule has 150 valence electrons. The van der Waals surface area contributed by atoms with Crippen molar-refractivity contribution in [3.8, 4) is 0 Å². The molecule has 1 fully saturated rings. The smallest absolute Gasteiger partial charge is 0.264 e. The Balaban J connectivity index is 1.95. The predicted molar refractivity (Wildman–Crippen MR) is 112 cm³/mol. The Bertz CT molecular complexity index is 943. The molecule has 0 aromatic heterocycles. The van der Waals surface area contributed by atoms with Crippen LogP contribution in [0.1, 0.15) is 19.8 Å². The van der Waals surface area contributed by atoms with Crippen molar-refractivity contribution < 1.29 is 13.2 Å². The summed E-state index contributed by atoms with van der Waals surface area (Å²) in [7, 11) is -3.94. The van der Waals surface area contributed by atoms with Crippen molar-refractivity contribution in [1.82, 2.24) is 4.90 Å². The highest BCUT2D eigenvalue weighted by Crippen LogP contribution is 2.30. The zero-order chi connectivity index (χ0) is 20.3. The Morgan fingerprint density at radius 3 is 2.32 bits per heavy atom. The minimum atomic E-state index is -3.94. The van der Waals surface area contributed by atoms with Crippen LogP contribution in [-0.4, -0.2) is 38.9 Å². The van der Waals surface area contributed by atoms with Crippen molar-refractivity contribution in [3.63, 3.8) is 0 Å². The number of halogens is 2. The van der Waals surface area contributed by atoms with Crippen molar-refractivity contribution in [2.24, 2.45) is 5.92 Å². The van der Waals surface area contributed by atoms with Crippen molar-refractivity contribution in [3.05, 3.63) is 58.6 Å². The summed E-state index contributed by atoms with van der Waals surface area (Å²) >= 11 is 12.1. The number of rotatable bonds is 5. The van der Waals surface area contributed by atoms with Crippen molar-refractivity contribution in [1.29, 1.82) is 0 Å². The van der Waals surface area contributed by atoms with Gasteiger partial charge in [0.25, 0.3) is 10.0 Å². The Labute approximate surface area is 175 Å². The molecule has 1 amide bonds. The van der Waals surface area contributed by atoms with Crippen LogP contribution in [0.5, 0.6) is 0 Å². The van der Waals surface area contributed by atoms with E-state index in [9.17, 15) is 13.2 Å². The number of sulfonamides is 1. The standard InChI is InChI=1S/C20H22Cl2N2O3S/c1-15-9-11-23(12-10-15)20(25)14-24(16-7-8-18(21)19(22)13-16)28(26,27)17-5-3-2-4-6-17/h2-8,13,15H,9-12,14H2,1H3. The second kappa shape index (κ2) is 8.72. The molecule has 0 aliphatic carbocycles. The minimum absolute atomic E-state index is 0.112. The van der Waals surface area contributed by atoms with Gasteiger partial charge in [-0.3, -0.25) is 9.10 Å². The van der Waals surface area contributed by atoms with Crippen LogP contribution in [-0.2, 0) is 14.8 Å². The lowest BCUT2D eigenvalue weighted by Gasteiger charge is -2.32. The van der Waals surface area contributed by atoms with Crippen molar-refractivity contribution in [2.75, 3.05) is 23.9 Å². The zero-order valence-corrected chi connectivity index (χ0v) is 17.8. The van der Waals surface area contributed by atoms with E-state index in [0.29, 0.717) is 29.7 Å². The SMILES string of the molecule is CC1CCN(C(=O)CN(c2ccc(Cl)c(Cl)c2)S(=O)(=O)c2ccccc2)CC1. The molecular weight excluding hydrogens is 419 g/mol. The van der Waals surface area contributed by atoms with Gasteiger partial charge < -0.3 is 4.90 Å². The summed E-state index contributed by atoms with van der Waals surface area (Å²) in [6, 6.07) is 12.6. The van der Waals surface area contributed by atoms with E-state index in [1.807, 2.05) is 0 Å². The van der Waals surface area contributed by atoms with Crippen molar-refractivity contribution >= 4 is 44.8 Å². The second-order valence-corrected chi connectivity index (χ2v) is 9.66. The third-order valence-corrected chi connectivity index (χ3v) is 7.46. The predicted octanol–water partition coefficient (Wildman–Crippen LogP) is 4.45. The maximum Gasteiger partial charge on any atom is 0.264 e. The Morgan fingerprint density at radius 2 is 1.71 bits per heavy atom. The summed E-state index contributed by atoms with van der Waals surface area (Å²) in [6.07, 6.45) is 1.84. The largest absolute Gasteiger partial charge is 0.341 e. The van der Waals surface area contributed by atoms with Gasteiger partial charge in [-0.25, -0.2) is 8.42 Å². The Hall–Kier alpha value is -1.76. The first-order valence-corrected chi connectivity index (χ1v) is 11.3. The molecule has 3 rings (SSSR count). The number of amides is 1. The molecule has 5 nitrogen and oxygen atoms in total. The fraction of sp³-hybridized carbons (Fsp3) is 0.350. The minimum Gasteiger partial charge on any atom is -0.341 e. The van der Waals surface area contributed by atoms with Gasteiger partial charge in [0, 0.05) is 13.1 Å². The van der Waals surface area contributed by atoms with E-state index in [1.54, 1.807) is 29.2 Å². The van der Waals surface area contributed by atoms with E-state index >= 15 is 0 Å². The number of hydrogen-bond acceptors (Lipinski definition) is 3. The maximum absolute atomic E-state index is 13.3.